The Kier molecular flexibility index (Phi) is 3.07. The van der Waals surface area contributed by atoms with Gasteiger partial charge in [-0.3, -0.25) is 4.79 Å². The Morgan fingerprint density at radius 2 is 1.92 bits per heavy atom. The average Bonchev–Trinajstić information content (AvgIpc) is 2.12. The second kappa shape index (κ2) is 3.90. The quantitative estimate of drug-likeness (QED) is 0.422. The first-order valence-electron chi connectivity index (χ1n) is 3.38. The molecular weight excluding hydrogens is 214 g/mol. The van der Waals surface area contributed by atoms with Gasteiger partial charge in [-0.2, -0.15) is 0 Å². The van der Waals surface area contributed by atoms with Crippen molar-refractivity contribution in [1.29, 1.82) is 0 Å². The minimum absolute atomic E-state index is 0.0341. The molecule has 1 aromatic carbocycles. The fraction of sp³-hybridized carbons (Fsp3) is 0. The molecule has 0 bridgehead atoms. The first-order chi connectivity index (χ1) is 6.07. The maximum absolute atomic E-state index is 13.2. The minimum atomic E-state index is -0.806. The van der Waals surface area contributed by atoms with Gasteiger partial charge in [-0.25, -0.2) is 4.39 Å². The molecule has 0 N–H and O–H groups in total. The molecule has 0 unspecified atom stereocenters. The molecule has 68 valence electrons. The number of allylic oxidation sites excluding steroid dienone is 1. The van der Waals surface area contributed by atoms with Crippen molar-refractivity contribution in [2.75, 3.05) is 0 Å². The Labute approximate surface area is 84.8 Å². The van der Waals surface area contributed by atoms with Crippen molar-refractivity contribution in [1.82, 2.24) is 0 Å². The van der Waals surface area contributed by atoms with Gasteiger partial charge in [-0.15, -0.1) is 0 Å². The van der Waals surface area contributed by atoms with E-state index in [-0.39, 0.29) is 15.6 Å². The van der Waals surface area contributed by atoms with Gasteiger partial charge in [0, 0.05) is 0 Å². The number of ketones is 1. The van der Waals surface area contributed by atoms with E-state index in [1.54, 1.807) is 0 Å². The van der Waals surface area contributed by atoms with Crippen LogP contribution in [0.5, 0.6) is 0 Å². The summed E-state index contributed by atoms with van der Waals surface area (Å²) < 4.78 is 13.2. The molecule has 4 heteroatoms. The van der Waals surface area contributed by atoms with Gasteiger partial charge in [0.1, 0.15) is 0 Å². The second-order valence-electron chi connectivity index (χ2n) is 2.29. The van der Waals surface area contributed by atoms with Crippen molar-refractivity contribution in [3.05, 3.63) is 46.2 Å². The summed E-state index contributed by atoms with van der Waals surface area (Å²) in [4.78, 5) is 11.1. The van der Waals surface area contributed by atoms with E-state index in [0.29, 0.717) is 0 Å². The molecule has 0 aliphatic rings. The lowest BCUT2D eigenvalue weighted by Crippen LogP contribution is -2.00. The number of hydrogen-bond acceptors (Lipinski definition) is 1. The SMILES string of the molecule is C=CC(=O)c1c(Cl)ccc(Cl)c1F. The van der Waals surface area contributed by atoms with Gasteiger partial charge in [-0.1, -0.05) is 29.8 Å². The van der Waals surface area contributed by atoms with Crippen LogP contribution in [0.25, 0.3) is 0 Å². The lowest BCUT2D eigenvalue weighted by Gasteiger charge is -2.02. The predicted molar refractivity (Wildman–Crippen MR) is 50.9 cm³/mol. The molecule has 0 saturated heterocycles. The van der Waals surface area contributed by atoms with E-state index < -0.39 is 11.6 Å². The van der Waals surface area contributed by atoms with Crippen molar-refractivity contribution in [2.45, 2.75) is 0 Å². The van der Waals surface area contributed by atoms with E-state index in [9.17, 15) is 9.18 Å². The van der Waals surface area contributed by atoms with Gasteiger partial charge in [0.2, 0.25) is 0 Å². The van der Waals surface area contributed by atoms with Crippen LogP contribution >= 0.6 is 23.2 Å². The summed E-state index contributed by atoms with van der Waals surface area (Å²) in [6.45, 7) is 3.23. The second-order valence-corrected chi connectivity index (χ2v) is 3.10. The Morgan fingerprint density at radius 3 is 2.46 bits per heavy atom. The Hall–Kier alpha value is -0.860. The fourth-order valence-electron chi connectivity index (χ4n) is 0.855. The van der Waals surface area contributed by atoms with Gasteiger partial charge in [0.25, 0.3) is 0 Å². The molecule has 0 amide bonds. The molecule has 0 aliphatic carbocycles. The van der Waals surface area contributed by atoms with Gasteiger partial charge < -0.3 is 0 Å². The number of carbonyl (C=O) groups is 1. The summed E-state index contributed by atoms with van der Waals surface area (Å²) in [5.74, 6) is -1.39. The lowest BCUT2D eigenvalue weighted by molar-refractivity contribution is 0.104. The normalized spacial score (nSPS) is 9.77. The van der Waals surface area contributed by atoms with Crippen LogP contribution in [0.4, 0.5) is 4.39 Å². The van der Waals surface area contributed by atoms with E-state index in [1.165, 1.54) is 12.1 Å². The van der Waals surface area contributed by atoms with Crippen LogP contribution in [-0.4, -0.2) is 5.78 Å². The number of carbonyl (C=O) groups excluding carboxylic acids is 1. The minimum Gasteiger partial charge on any atom is -0.289 e. The molecule has 0 radical (unpaired) electrons. The largest absolute Gasteiger partial charge is 0.289 e. The Balaban J connectivity index is 3.41. The molecule has 0 aromatic heterocycles. The van der Waals surface area contributed by atoms with E-state index in [4.69, 9.17) is 23.2 Å². The highest BCUT2D eigenvalue weighted by atomic mass is 35.5. The first kappa shape index (κ1) is 10.2. The average molecular weight is 219 g/mol. The molecule has 1 rings (SSSR count). The highest BCUT2D eigenvalue weighted by molar-refractivity contribution is 6.36. The van der Waals surface area contributed by atoms with Gasteiger partial charge in [-0.05, 0) is 18.2 Å². The highest BCUT2D eigenvalue weighted by Gasteiger charge is 2.15. The van der Waals surface area contributed by atoms with Crippen LogP contribution in [0.2, 0.25) is 10.0 Å². The van der Waals surface area contributed by atoms with Crippen LogP contribution in [0.3, 0.4) is 0 Å². The molecule has 0 saturated carbocycles. The molecule has 0 heterocycles. The third-order valence-corrected chi connectivity index (χ3v) is 2.08. The van der Waals surface area contributed by atoms with Crippen LogP contribution in [0, 0.1) is 5.82 Å². The van der Waals surface area contributed by atoms with Crippen LogP contribution in [-0.2, 0) is 0 Å². The third kappa shape index (κ3) is 1.90. The van der Waals surface area contributed by atoms with Crippen LogP contribution in [0.15, 0.2) is 24.8 Å². The maximum Gasteiger partial charge on any atom is 0.189 e. The third-order valence-electron chi connectivity index (χ3n) is 1.48. The molecule has 13 heavy (non-hydrogen) atoms. The fourth-order valence-corrected chi connectivity index (χ4v) is 1.25. The molecule has 1 nitrogen and oxygen atoms in total. The smallest absolute Gasteiger partial charge is 0.189 e. The molecular formula is C9H5Cl2FO. The molecule has 0 fully saturated rings. The van der Waals surface area contributed by atoms with Crippen molar-refractivity contribution in [2.24, 2.45) is 0 Å². The summed E-state index contributed by atoms with van der Waals surface area (Å²) >= 11 is 11.1. The molecule has 0 spiro atoms. The summed E-state index contributed by atoms with van der Waals surface area (Å²) in [6, 6.07) is 2.66. The monoisotopic (exact) mass is 218 g/mol. The summed E-state index contributed by atoms with van der Waals surface area (Å²) in [5, 5.41) is -0.0959. The van der Waals surface area contributed by atoms with Crippen LogP contribution in [0.1, 0.15) is 10.4 Å². The number of halogens is 3. The van der Waals surface area contributed by atoms with E-state index in [2.05, 4.69) is 6.58 Å². The predicted octanol–water partition coefficient (Wildman–Crippen LogP) is 3.50. The number of rotatable bonds is 2. The zero-order chi connectivity index (χ0) is 10.0. The topological polar surface area (TPSA) is 17.1 Å². The standard InChI is InChI=1S/C9H5Cl2FO/c1-2-7(13)8-5(10)3-4-6(11)9(8)12/h2-4H,1H2. The van der Waals surface area contributed by atoms with Gasteiger partial charge in [0.05, 0.1) is 15.6 Å². The van der Waals surface area contributed by atoms with E-state index in [1.807, 2.05) is 0 Å². The van der Waals surface area contributed by atoms with Crippen molar-refractivity contribution >= 4 is 29.0 Å². The van der Waals surface area contributed by atoms with Crippen molar-refractivity contribution in [3.63, 3.8) is 0 Å². The maximum atomic E-state index is 13.2. The molecule has 0 atom stereocenters. The van der Waals surface area contributed by atoms with Crippen molar-refractivity contribution < 1.29 is 9.18 Å². The van der Waals surface area contributed by atoms with E-state index in [0.717, 1.165) is 6.08 Å². The molecule has 1 aromatic rings. The zero-order valence-electron chi connectivity index (χ0n) is 6.48. The Morgan fingerprint density at radius 1 is 1.38 bits per heavy atom. The lowest BCUT2D eigenvalue weighted by atomic mass is 10.1. The van der Waals surface area contributed by atoms with Crippen LogP contribution < -0.4 is 0 Å². The number of benzene rings is 1. The van der Waals surface area contributed by atoms with Crippen molar-refractivity contribution in [3.8, 4) is 0 Å². The highest BCUT2D eigenvalue weighted by Crippen LogP contribution is 2.25. The molecule has 0 aliphatic heterocycles. The van der Waals surface area contributed by atoms with E-state index >= 15 is 0 Å². The Bertz CT molecular complexity index is 374. The summed E-state index contributed by atoms with van der Waals surface area (Å²) in [7, 11) is 0. The van der Waals surface area contributed by atoms with Gasteiger partial charge in [0.15, 0.2) is 11.6 Å². The summed E-state index contributed by atoms with van der Waals surface area (Å²) in [5.41, 5.74) is -0.232. The number of hydrogen-bond donors (Lipinski definition) is 0. The summed E-state index contributed by atoms with van der Waals surface area (Å²) in [6.07, 6.45) is 0.987. The zero-order valence-corrected chi connectivity index (χ0v) is 7.99. The first-order valence-corrected chi connectivity index (χ1v) is 4.13. The van der Waals surface area contributed by atoms with Gasteiger partial charge >= 0.3 is 0 Å².